The average Bonchev–Trinajstić information content (AvgIpc) is 3.09. The monoisotopic (exact) mass is 312 g/mol. The summed E-state index contributed by atoms with van der Waals surface area (Å²) in [6, 6.07) is 0. The van der Waals surface area contributed by atoms with Crippen LogP contribution in [0.4, 0.5) is 22.0 Å². The molecule has 0 radical (unpaired) electrons. The smallest absolute Gasteiger partial charge is 0.431 e. The van der Waals surface area contributed by atoms with E-state index in [1.54, 1.807) is 0 Å². The molecule has 2 saturated carbocycles. The van der Waals surface area contributed by atoms with Crippen molar-refractivity contribution in [1.29, 1.82) is 0 Å². The summed E-state index contributed by atoms with van der Waals surface area (Å²) in [5, 5.41) is 0. The third-order valence-electron chi connectivity index (χ3n) is 3.46. The van der Waals surface area contributed by atoms with E-state index < -0.39 is 53.4 Å². The molecule has 0 aliphatic heterocycles. The molecule has 0 saturated heterocycles. The van der Waals surface area contributed by atoms with Crippen molar-refractivity contribution >= 4 is 11.7 Å². The van der Waals surface area contributed by atoms with E-state index in [9.17, 15) is 26.7 Å². The molecule has 4 nitrogen and oxygen atoms in total. The van der Waals surface area contributed by atoms with Crippen LogP contribution in [0, 0.1) is 11.8 Å². The molecule has 2 atom stereocenters. The van der Waals surface area contributed by atoms with Gasteiger partial charge in [0.25, 0.3) is 5.92 Å². The predicted octanol–water partition coefficient (Wildman–Crippen LogP) is 2.05. The number of carbonyl (C=O) groups excluding carboxylic acids is 1. The highest BCUT2D eigenvalue weighted by molar-refractivity contribution is 6.10. The number of nitrogens with zero attached hydrogens (tertiary/aromatic N) is 1. The fourth-order valence-electron chi connectivity index (χ4n) is 2.47. The Morgan fingerprint density at radius 2 is 2.10 bits per heavy atom. The Morgan fingerprint density at radius 3 is 2.62 bits per heavy atom. The summed E-state index contributed by atoms with van der Waals surface area (Å²) in [5.41, 5.74) is 1.70. The number of hydrogen-bond donors (Lipinski definition) is 1. The summed E-state index contributed by atoms with van der Waals surface area (Å²) in [7, 11) is 0. The minimum Gasteiger partial charge on any atom is -0.465 e. The normalized spacial score (nSPS) is 31.0. The number of aliphatic imine (C=N–C) groups is 1. The van der Waals surface area contributed by atoms with E-state index in [1.807, 2.05) is 0 Å². The minimum atomic E-state index is -4.91. The van der Waals surface area contributed by atoms with Crippen molar-refractivity contribution in [2.75, 3.05) is 13.2 Å². The predicted molar refractivity (Wildman–Crippen MR) is 62.7 cm³/mol. The summed E-state index contributed by atoms with van der Waals surface area (Å²) in [6.07, 6.45) is -4.97. The number of allylic oxidation sites excluding steroid dienone is 2. The van der Waals surface area contributed by atoms with E-state index in [0.717, 1.165) is 0 Å². The van der Waals surface area contributed by atoms with Gasteiger partial charge >= 0.3 is 12.1 Å². The van der Waals surface area contributed by atoms with Crippen LogP contribution >= 0.6 is 0 Å². The first-order valence-electron chi connectivity index (χ1n) is 6.26. The fraction of sp³-hybridized carbons (Fsp3) is 0.667. The Balaban J connectivity index is 2.36. The molecule has 0 heterocycles. The molecule has 21 heavy (non-hydrogen) atoms. The summed E-state index contributed by atoms with van der Waals surface area (Å²) < 4.78 is 70.4. The average molecular weight is 312 g/mol. The van der Waals surface area contributed by atoms with Gasteiger partial charge in [0, 0.05) is 11.5 Å². The van der Waals surface area contributed by atoms with Crippen LogP contribution in [0.3, 0.4) is 0 Å². The number of halogens is 5. The first-order chi connectivity index (χ1) is 9.60. The van der Waals surface area contributed by atoms with Gasteiger partial charge in [-0.05, 0) is 19.3 Å². The molecule has 0 aromatic heterocycles. The van der Waals surface area contributed by atoms with Crippen molar-refractivity contribution < 1.29 is 31.5 Å². The molecule has 9 heteroatoms. The van der Waals surface area contributed by atoms with Crippen molar-refractivity contribution in [3.8, 4) is 0 Å². The molecule has 2 aliphatic rings. The summed E-state index contributed by atoms with van der Waals surface area (Å²) in [6.45, 7) is 0.781. The van der Waals surface area contributed by atoms with Crippen LogP contribution in [-0.4, -0.2) is 36.9 Å². The van der Waals surface area contributed by atoms with Crippen molar-refractivity contribution in [1.82, 2.24) is 0 Å². The molecular weight excluding hydrogens is 299 g/mol. The molecule has 118 valence electrons. The number of esters is 1. The van der Waals surface area contributed by atoms with Crippen molar-refractivity contribution in [3.63, 3.8) is 0 Å². The van der Waals surface area contributed by atoms with Gasteiger partial charge in [0.15, 0.2) is 0 Å². The Morgan fingerprint density at radius 1 is 1.48 bits per heavy atom. The second-order valence-corrected chi connectivity index (χ2v) is 4.87. The quantitative estimate of drug-likeness (QED) is 0.641. The number of carbonyl (C=O) groups is 1. The van der Waals surface area contributed by atoms with Gasteiger partial charge in [-0.25, -0.2) is 0 Å². The Labute approximate surface area is 116 Å². The Kier molecular flexibility index (Phi) is 3.71. The summed E-state index contributed by atoms with van der Waals surface area (Å²) >= 11 is 0. The fourth-order valence-corrected chi connectivity index (χ4v) is 2.47. The lowest BCUT2D eigenvalue weighted by Gasteiger charge is -2.17. The zero-order valence-electron chi connectivity index (χ0n) is 11.0. The van der Waals surface area contributed by atoms with Crippen molar-refractivity contribution in [2.24, 2.45) is 22.6 Å². The third kappa shape index (κ3) is 2.73. The van der Waals surface area contributed by atoms with Crippen LogP contribution in [0.1, 0.15) is 13.3 Å². The zero-order chi connectivity index (χ0) is 16.0. The Bertz CT molecular complexity index is 524. The van der Waals surface area contributed by atoms with Gasteiger partial charge < -0.3 is 10.5 Å². The standard InChI is InChI=1S/C12H13F5N2O2/c1-2-21-7(20)4-19-10-8(9(18)12(15,16)17)5-3-6(5)11(10,13)14/h5-6H,2-4,18H2,1H3/b9-8-,19-10?. The zero-order valence-corrected chi connectivity index (χ0v) is 11.0. The van der Waals surface area contributed by atoms with Gasteiger partial charge in [-0.1, -0.05) is 0 Å². The van der Waals surface area contributed by atoms with E-state index in [2.05, 4.69) is 9.73 Å². The van der Waals surface area contributed by atoms with Crippen molar-refractivity contribution in [3.05, 3.63) is 11.3 Å². The first-order valence-corrected chi connectivity index (χ1v) is 6.26. The maximum atomic E-state index is 13.9. The molecule has 2 aliphatic carbocycles. The molecular formula is C12H13F5N2O2. The number of hydrogen-bond acceptors (Lipinski definition) is 4. The SMILES string of the molecule is CCOC(=O)CN=C1/C(=C(\N)C(F)(F)F)C2CC2C1(F)F. The molecule has 2 fully saturated rings. The van der Waals surface area contributed by atoms with Gasteiger partial charge in [-0.3, -0.25) is 9.79 Å². The van der Waals surface area contributed by atoms with Gasteiger partial charge in [0.1, 0.15) is 18.0 Å². The second-order valence-electron chi connectivity index (χ2n) is 4.87. The van der Waals surface area contributed by atoms with Crippen LogP contribution in [0.5, 0.6) is 0 Å². The summed E-state index contributed by atoms with van der Waals surface area (Å²) in [4.78, 5) is 14.5. The second kappa shape index (κ2) is 4.96. The molecule has 0 amide bonds. The van der Waals surface area contributed by atoms with Crippen LogP contribution < -0.4 is 5.73 Å². The van der Waals surface area contributed by atoms with Gasteiger partial charge in [-0.2, -0.15) is 22.0 Å². The molecule has 2 N–H and O–H groups in total. The number of ether oxygens (including phenoxy) is 1. The number of fused-ring (bicyclic) bond motifs is 1. The lowest BCUT2D eigenvalue weighted by Crippen LogP contribution is -2.32. The van der Waals surface area contributed by atoms with Crippen LogP contribution in [0.15, 0.2) is 16.3 Å². The lowest BCUT2D eigenvalue weighted by atomic mass is 10.0. The first kappa shape index (κ1) is 15.7. The molecule has 0 bridgehead atoms. The minimum absolute atomic E-state index is 0.0265. The van der Waals surface area contributed by atoms with E-state index in [-0.39, 0.29) is 13.0 Å². The lowest BCUT2D eigenvalue weighted by molar-refractivity contribution is -0.141. The van der Waals surface area contributed by atoms with E-state index in [4.69, 9.17) is 5.73 Å². The molecule has 0 spiro atoms. The number of alkyl halides is 5. The summed E-state index contributed by atoms with van der Waals surface area (Å²) in [5.74, 6) is -6.54. The molecule has 0 aromatic rings. The maximum absolute atomic E-state index is 13.9. The maximum Gasteiger partial charge on any atom is 0.431 e. The van der Waals surface area contributed by atoms with Gasteiger partial charge in [0.05, 0.1) is 6.61 Å². The van der Waals surface area contributed by atoms with Gasteiger partial charge in [0.2, 0.25) is 0 Å². The van der Waals surface area contributed by atoms with Gasteiger partial charge in [-0.15, -0.1) is 0 Å². The molecule has 2 rings (SSSR count). The third-order valence-corrected chi connectivity index (χ3v) is 3.46. The number of rotatable bonds is 3. The van der Waals surface area contributed by atoms with Crippen LogP contribution in [0.25, 0.3) is 0 Å². The van der Waals surface area contributed by atoms with Crippen LogP contribution in [0.2, 0.25) is 0 Å². The highest BCUT2D eigenvalue weighted by atomic mass is 19.4. The highest BCUT2D eigenvalue weighted by Gasteiger charge is 2.68. The largest absolute Gasteiger partial charge is 0.465 e. The van der Waals surface area contributed by atoms with Crippen molar-refractivity contribution in [2.45, 2.75) is 25.4 Å². The van der Waals surface area contributed by atoms with E-state index >= 15 is 0 Å². The topological polar surface area (TPSA) is 64.7 Å². The number of nitrogens with two attached hydrogens (primary N) is 1. The Hall–Kier alpha value is -1.67. The highest BCUT2D eigenvalue weighted by Crippen LogP contribution is 2.62. The van der Waals surface area contributed by atoms with E-state index in [0.29, 0.717) is 0 Å². The molecule has 2 unspecified atom stereocenters. The van der Waals surface area contributed by atoms with E-state index in [1.165, 1.54) is 6.92 Å². The van der Waals surface area contributed by atoms with Crippen LogP contribution in [-0.2, 0) is 9.53 Å². The molecule has 0 aromatic carbocycles.